The smallest absolute Gasteiger partial charge is 0.410 e. The fraction of sp³-hybridized carbons (Fsp3) is 0.360. The largest absolute Gasteiger partial charge is 0.488 e. The molecule has 1 aromatic heterocycles. The number of carbonyl (C=O) groups is 2. The van der Waals surface area contributed by atoms with Crippen molar-refractivity contribution in [1.29, 1.82) is 0 Å². The van der Waals surface area contributed by atoms with Gasteiger partial charge in [0.2, 0.25) is 0 Å². The predicted octanol–water partition coefficient (Wildman–Crippen LogP) is 5.25. The summed E-state index contributed by atoms with van der Waals surface area (Å²) in [5, 5.41) is 0.761. The molecule has 0 bridgehead atoms. The van der Waals surface area contributed by atoms with E-state index in [1.807, 2.05) is 70.2 Å². The Morgan fingerprint density at radius 2 is 1.87 bits per heavy atom. The highest BCUT2D eigenvalue weighted by atomic mass is 16.6. The Kier molecular flexibility index (Phi) is 5.48. The zero-order chi connectivity index (χ0) is 22.2. The number of Topliss-reactive ketones (excluding diaryl/α,β-unsaturated/α-hetero) is 1. The minimum atomic E-state index is -0.601. The molecular weight excluding hydrogens is 392 g/mol. The predicted molar refractivity (Wildman–Crippen MR) is 119 cm³/mol. The lowest BCUT2D eigenvalue weighted by atomic mass is 9.93. The highest BCUT2D eigenvalue weighted by Crippen LogP contribution is 2.34. The number of carbonyl (C=O) groups excluding carboxylic acids is 2. The van der Waals surface area contributed by atoms with Gasteiger partial charge in [0.05, 0.1) is 10.9 Å². The maximum Gasteiger partial charge on any atom is 0.410 e. The van der Waals surface area contributed by atoms with Crippen molar-refractivity contribution in [2.24, 2.45) is 0 Å². The van der Waals surface area contributed by atoms with Crippen molar-refractivity contribution in [2.45, 2.75) is 52.4 Å². The molecule has 1 fully saturated rings. The summed E-state index contributed by atoms with van der Waals surface area (Å²) in [7, 11) is 0. The van der Waals surface area contributed by atoms with E-state index in [1.54, 1.807) is 6.20 Å². The molecule has 31 heavy (non-hydrogen) atoms. The number of H-pyrrole nitrogens is 1. The molecule has 1 saturated heterocycles. The van der Waals surface area contributed by atoms with Crippen LogP contribution in [0, 0.1) is 6.92 Å². The summed E-state index contributed by atoms with van der Waals surface area (Å²) in [5.74, 6) is 0.552. The molecule has 0 saturated carbocycles. The van der Waals surface area contributed by atoms with E-state index in [1.165, 1.54) is 4.90 Å². The van der Waals surface area contributed by atoms with E-state index in [-0.39, 0.29) is 5.78 Å². The molecule has 1 aliphatic rings. The molecule has 2 heterocycles. The second-order valence-electron chi connectivity index (χ2n) is 8.95. The van der Waals surface area contributed by atoms with Gasteiger partial charge in [0.1, 0.15) is 24.0 Å². The zero-order valence-electron chi connectivity index (χ0n) is 18.4. The van der Waals surface area contributed by atoms with E-state index >= 15 is 0 Å². The zero-order valence-corrected chi connectivity index (χ0v) is 18.4. The first-order valence-corrected chi connectivity index (χ1v) is 10.6. The number of nitrogens with one attached hydrogen (secondary N) is 1. The van der Waals surface area contributed by atoms with Gasteiger partial charge in [-0.2, -0.15) is 0 Å². The number of aryl methyl sites for hydroxylation is 1. The van der Waals surface area contributed by atoms with Gasteiger partial charge >= 0.3 is 6.09 Å². The van der Waals surface area contributed by atoms with Crippen LogP contribution in [-0.4, -0.2) is 39.9 Å². The van der Waals surface area contributed by atoms with Crippen LogP contribution in [0.3, 0.4) is 0 Å². The monoisotopic (exact) mass is 420 g/mol. The van der Waals surface area contributed by atoms with Gasteiger partial charge < -0.3 is 14.5 Å². The minimum Gasteiger partial charge on any atom is -0.488 e. The van der Waals surface area contributed by atoms with E-state index < -0.39 is 17.7 Å². The summed E-state index contributed by atoms with van der Waals surface area (Å²) >= 11 is 0. The van der Waals surface area contributed by atoms with E-state index in [9.17, 15) is 9.59 Å². The number of ketones is 1. The van der Waals surface area contributed by atoms with Gasteiger partial charge in [-0.15, -0.1) is 0 Å². The quantitative estimate of drug-likeness (QED) is 0.573. The number of ether oxygens (including phenoxy) is 2. The summed E-state index contributed by atoms with van der Waals surface area (Å²) in [4.78, 5) is 30.6. The van der Waals surface area contributed by atoms with Gasteiger partial charge in [0.15, 0.2) is 5.78 Å². The Hall–Kier alpha value is -3.28. The number of aromatic amines is 1. The van der Waals surface area contributed by atoms with Crippen LogP contribution in [0.25, 0.3) is 10.9 Å². The van der Waals surface area contributed by atoms with Crippen LogP contribution in [0.15, 0.2) is 48.7 Å². The van der Waals surface area contributed by atoms with Crippen molar-refractivity contribution in [3.63, 3.8) is 0 Å². The fourth-order valence-corrected chi connectivity index (χ4v) is 3.79. The van der Waals surface area contributed by atoms with Gasteiger partial charge in [-0.1, -0.05) is 36.4 Å². The average Bonchev–Trinajstić information content (AvgIpc) is 3.12. The summed E-state index contributed by atoms with van der Waals surface area (Å²) < 4.78 is 11.6. The number of aromatic nitrogens is 1. The molecule has 0 spiro atoms. The molecule has 0 aliphatic carbocycles. The number of hydrogen-bond acceptors (Lipinski definition) is 4. The topological polar surface area (TPSA) is 71.6 Å². The van der Waals surface area contributed by atoms with Gasteiger partial charge in [-0.3, -0.25) is 9.69 Å². The van der Waals surface area contributed by atoms with E-state index in [0.29, 0.717) is 30.9 Å². The standard InChI is InChI=1S/C25H28N2O4/c1-16-10-11-20(30-15-17-8-6-5-7-9-17)21-18(14-26-22(16)21)23(28)19-12-13-27(19)24(29)31-25(2,3)4/h5-11,14,19,26H,12-13,15H2,1-4H3/t19-/m0/s1. The van der Waals surface area contributed by atoms with Crippen LogP contribution in [-0.2, 0) is 11.3 Å². The molecule has 6 heteroatoms. The lowest BCUT2D eigenvalue weighted by Gasteiger charge is -2.40. The van der Waals surface area contributed by atoms with Crippen LogP contribution in [0.4, 0.5) is 4.79 Å². The molecular formula is C25H28N2O4. The highest BCUT2D eigenvalue weighted by Gasteiger charge is 2.41. The number of likely N-dealkylation sites (tertiary alicyclic amines) is 1. The van der Waals surface area contributed by atoms with Crippen LogP contribution in [0.5, 0.6) is 5.75 Å². The Morgan fingerprint density at radius 1 is 1.13 bits per heavy atom. The molecule has 162 valence electrons. The Morgan fingerprint density at radius 3 is 2.52 bits per heavy atom. The number of rotatable bonds is 5. The second-order valence-corrected chi connectivity index (χ2v) is 8.95. The Bertz CT molecular complexity index is 1110. The Balaban J connectivity index is 1.61. The van der Waals surface area contributed by atoms with E-state index in [4.69, 9.17) is 9.47 Å². The van der Waals surface area contributed by atoms with Crippen LogP contribution in [0.1, 0.15) is 48.7 Å². The summed E-state index contributed by atoms with van der Waals surface area (Å²) in [6.07, 6.45) is 1.89. The number of hydrogen-bond donors (Lipinski definition) is 1. The normalized spacial score (nSPS) is 16.1. The molecule has 1 amide bonds. The first kappa shape index (κ1) is 21.0. The van der Waals surface area contributed by atoms with Gasteiger partial charge in [0.25, 0.3) is 0 Å². The molecule has 0 radical (unpaired) electrons. The van der Waals surface area contributed by atoms with Crippen molar-refractivity contribution in [2.75, 3.05) is 6.54 Å². The van der Waals surface area contributed by atoms with Gasteiger partial charge in [-0.25, -0.2) is 4.79 Å². The lowest BCUT2D eigenvalue weighted by Crippen LogP contribution is -2.56. The molecule has 4 rings (SSSR count). The molecule has 1 N–H and O–H groups in total. The number of amides is 1. The third kappa shape index (κ3) is 4.29. The second kappa shape index (κ2) is 8.10. The first-order valence-electron chi connectivity index (χ1n) is 10.6. The maximum absolute atomic E-state index is 13.4. The summed E-state index contributed by atoms with van der Waals surface area (Å²) in [5.41, 5.74) is 2.89. The fourth-order valence-electron chi connectivity index (χ4n) is 3.79. The minimum absolute atomic E-state index is 0.0986. The highest BCUT2D eigenvalue weighted by molar-refractivity contribution is 6.13. The van der Waals surface area contributed by atoms with E-state index in [2.05, 4.69) is 4.98 Å². The molecule has 3 aromatic rings. The van der Waals surface area contributed by atoms with Crippen molar-refractivity contribution < 1.29 is 19.1 Å². The van der Waals surface area contributed by atoms with Crippen LogP contribution in [0.2, 0.25) is 0 Å². The van der Waals surface area contributed by atoms with E-state index in [0.717, 1.165) is 22.0 Å². The van der Waals surface area contributed by atoms with Crippen LogP contribution >= 0.6 is 0 Å². The van der Waals surface area contributed by atoms with Gasteiger partial charge in [0, 0.05) is 18.3 Å². The molecule has 6 nitrogen and oxygen atoms in total. The third-order valence-electron chi connectivity index (χ3n) is 5.46. The lowest BCUT2D eigenvalue weighted by molar-refractivity contribution is -0.00265. The van der Waals surface area contributed by atoms with Crippen molar-refractivity contribution in [3.8, 4) is 5.75 Å². The van der Waals surface area contributed by atoms with Crippen molar-refractivity contribution >= 4 is 22.8 Å². The number of benzene rings is 2. The molecule has 1 atom stereocenters. The molecule has 1 aliphatic heterocycles. The molecule has 0 unspecified atom stereocenters. The summed E-state index contributed by atoms with van der Waals surface area (Å²) in [6.45, 7) is 8.38. The number of fused-ring (bicyclic) bond motifs is 1. The maximum atomic E-state index is 13.4. The third-order valence-corrected chi connectivity index (χ3v) is 5.46. The first-order chi connectivity index (χ1) is 14.7. The number of nitrogens with zero attached hydrogens (tertiary/aromatic N) is 1. The Labute approximate surface area is 182 Å². The van der Waals surface area contributed by atoms with Crippen molar-refractivity contribution in [1.82, 2.24) is 9.88 Å². The SMILES string of the molecule is Cc1ccc(OCc2ccccc2)c2c(C(=O)[C@@H]3CCN3C(=O)OC(C)(C)C)c[nH]c12. The van der Waals surface area contributed by atoms with Crippen molar-refractivity contribution in [3.05, 3.63) is 65.4 Å². The summed E-state index contributed by atoms with van der Waals surface area (Å²) in [6, 6.07) is 13.3. The van der Waals surface area contributed by atoms with Gasteiger partial charge in [-0.05, 0) is 51.3 Å². The molecule has 2 aromatic carbocycles. The average molecular weight is 421 g/mol. The van der Waals surface area contributed by atoms with Crippen LogP contribution < -0.4 is 4.74 Å².